The maximum atomic E-state index is 12.5. The van der Waals surface area contributed by atoms with Crippen LogP contribution in [0.1, 0.15) is 27.4 Å². The molecule has 0 aliphatic rings. The van der Waals surface area contributed by atoms with Crippen LogP contribution in [-0.4, -0.2) is 20.4 Å². The molecule has 3 aromatic rings. The minimum absolute atomic E-state index is 0.289. The first-order valence-corrected chi connectivity index (χ1v) is 7.29. The number of amides is 1. The van der Waals surface area contributed by atoms with Gasteiger partial charge in [-0.3, -0.25) is 4.79 Å². The van der Waals surface area contributed by atoms with E-state index >= 15 is 0 Å². The van der Waals surface area contributed by atoms with Crippen LogP contribution in [0, 0.1) is 20.8 Å². The van der Waals surface area contributed by atoms with Crippen LogP contribution < -0.4 is 5.32 Å². The fourth-order valence-corrected chi connectivity index (χ4v) is 2.93. The predicted molar refractivity (Wildman–Crippen MR) is 81.1 cm³/mol. The van der Waals surface area contributed by atoms with E-state index in [4.69, 9.17) is 16.1 Å². The fourth-order valence-electron chi connectivity index (χ4n) is 2.00. The molecule has 0 unspecified atom stereocenters. The molecule has 0 atom stereocenters. The van der Waals surface area contributed by atoms with E-state index in [-0.39, 0.29) is 5.91 Å². The number of halogens is 1. The Morgan fingerprint density at radius 1 is 1.33 bits per heavy atom. The van der Waals surface area contributed by atoms with E-state index in [0.29, 0.717) is 43.8 Å². The minimum Gasteiger partial charge on any atom is -0.336 e. The zero-order chi connectivity index (χ0) is 15.1. The highest BCUT2D eigenvalue weighted by molar-refractivity contribution is 7.11. The number of carbonyl (C=O) groups is 1. The number of nitrogens with one attached hydrogen (secondary N) is 1. The van der Waals surface area contributed by atoms with Gasteiger partial charge >= 0.3 is 0 Å². The normalized spacial score (nSPS) is 11.0. The summed E-state index contributed by atoms with van der Waals surface area (Å²) in [7, 11) is 0. The van der Waals surface area contributed by atoms with Crippen LogP contribution in [0.5, 0.6) is 0 Å². The summed E-state index contributed by atoms with van der Waals surface area (Å²) in [5.41, 5.74) is 2.79. The summed E-state index contributed by atoms with van der Waals surface area (Å²) in [5.74, 6) is -0.289. The zero-order valence-electron chi connectivity index (χ0n) is 11.5. The summed E-state index contributed by atoms with van der Waals surface area (Å²) in [5, 5.41) is 8.21. The first-order valence-electron chi connectivity index (χ1n) is 6.14. The van der Waals surface area contributed by atoms with Gasteiger partial charge in [0.2, 0.25) is 0 Å². The molecule has 0 saturated heterocycles. The van der Waals surface area contributed by atoms with Crippen molar-refractivity contribution < 1.29 is 9.32 Å². The number of hydrogen-bond donors (Lipinski definition) is 1. The Morgan fingerprint density at radius 2 is 2.10 bits per heavy atom. The van der Waals surface area contributed by atoms with Crippen molar-refractivity contribution in [1.29, 1.82) is 0 Å². The molecule has 0 bridgehead atoms. The third-order valence-electron chi connectivity index (χ3n) is 3.01. The van der Waals surface area contributed by atoms with E-state index in [0.717, 1.165) is 11.5 Å². The molecular weight excluding hydrogens is 312 g/mol. The van der Waals surface area contributed by atoms with Gasteiger partial charge < -0.3 is 9.84 Å². The molecule has 108 valence electrons. The number of aryl methyl sites for hydroxylation is 3. The molecule has 0 aliphatic heterocycles. The van der Waals surface area contributed by atoms with E-state index in [1.807, 2.05) is 0 Å². The molecule has 0 aliphatic carbocycles. The lowest BCUT2D eigenvalue weighted by atomic mass is 10.1. The number of rotatable bonds is 2. The molecule has 6 nitrogen and oxygen atoms in total. The maximum Gasteiger partial charge on any atom is 0.258 e. The molecule has 8 heteroatoms. The Bertz CT molecular complexity index is 855. The van der Waals surface area contributed by atoms with Crippen LogP contribution in [0.2, 0.25) is 5.02 Å². The van der Waals surface area contributed by atoms with Crippen molar-refractivity contribution in [2.75, 3.05) is 5.32 Å². The summed E-state index contributed by atoms with van der Waals surface area (Å²) < 4.78 is 9.22. The Hall–Kier alpha value is -1.99. The van der Waals surface area contributed by atoms with Gasteiger partial charge in [0, 0.05) is 5.69 Å². The predicted octanol–water partition coefficient (Wildman–Crippen LogP) is 3.51. The molecule has 1 N–H and O–H groups in total. The molecule has 1 amide bonds. The number of hydrogen-bond acceptors (Lipinski definition) is 6. The van der Waals surface area contributed by atoms with Gasteiger partial charge in [-0.05, 0) is 38.4 Å². The van der Waals surface area contributed by atoms with Crippen molar-refractivity contribution in [2.45, 2.75) is 20.8 Å². The summed E-state index contributed by atoms with van der Waals surface area (Å²) in [6.45, 7) is 5.34. The first kappa shape index (κ1) is 14.0. The van der Waals surface area contributed by atoms with Gasteiger partial charge in [0.15, 0.2) is 0 Å². The second-order valence-electron chi connectivity index (χ2n) is 4.62. The molecule has 0 radical (unpaired) electrons. The molecule has 3 aromatic heterocycles. The molecular formula is C13H11ClN4O2S. The van der Waals surface area contributed by atoms with Gasteiger partial charge in [0.25, 0.3) is 11.6 Å². The number of carbonyl (C=O) groups excluding carboxylic acids is 1. The highest BCUT2D eigenvalue weighted by Crippen LogP contribution is 2.30. The molecule has 0 saturated carbocycles. The molecule has 3 heterocycles. The maximum absolute atomic E-state index is 12.5. The van der Waals surface area contributed by atoms with Crippen LogP contribution in [0.3, 0.4) is 0 Å². The summed E-state index contributed by atoms with van der Waals surface area (Å²) in [6, 6.07) is 1.70. The van der Waals surface area contributed by atoms with E-state index in [1.165, 1.54) is 0 Å². The molecule has 0 fully saturated rings. The van der Waals surface area contributed by atoms with Crippen LogP contribution in [0.25, 0.3) is 11.1 Å². The van der Waals surface area contributed by atoms with Gasteiger partial charge in [0.1, 0.15) is 5.00 Å². The summed E-state index contributed by atoms with van der Waals surface area (Å²) in [6.07, 6.45) is 0. The van der Waals surface area contributed by atoms with Crippen molar-refractivity contribution in [2.24, 2.45) is 0 Å². The van der Waals surface area contributed by atoms with Crippen molar-refractivity contribution in [3.05, 3.63) is 33.7 Å². The van der Waals surface area contributed by atoms with Gasteiger partial charge in [-0.2, -0.15) is 4.37 Å². The van der Waals surface area contributed by atoms with Gasteiger partial charge in [-0.25, -0.2) is 4.98 Å². The largest absolute Gasteiger partial charge is 0.336 e. The van der Waals surface area contributed by atoms with E-state index in [1.54, 1.807) is 26.8 Å². The Kier molecular flexibility index (Phi) is 3.38. The quantitative estimate of drug-likeness (QED) is 0.780. The second-order valence-corrected chi connectivity index (χ2v) is 5.78. The Morgan fingerprint density at radius 3 is 2.76 bits per heavy atom. The highest BCUT2D eigenvalue weighted by Gasteiger charge is 2.19. The minimum atomic E-state index is -0.289. The number of fused-ring (bicyclic) bond motifs is 1. The third kappa shape index (κ3) is 2.38. The van der Waals surface area contributed by atoms with Crippen LogP contribution >= 0.6 is 23.1 Å². The first-order chi connectivity index (χ1) is 9.97. The average Bonchev–Trinajstić information content (AvgIpc) is 2.95. The van der Waals surface area contributed by atoms with E-state index in [9.17, 15) is 4.79 Å². The highest BCUT2D eigenvalue weighted by atomic mass is 35.5. The van der Waals surface area contributed by atoms with Crippen molar-refractivity contribution in [3.63, 3.8) is 0 Å². The van der Waals surface area contributed by atoms with E-state index < -0.39 is 0 Å². The van der Waals surface area contributed by atoms with E-state index in [2.05, 4.69) is 19.8 Å². The summed E-state index contributed by atoms with van der Waals surface area (Å²) in [4.78, 5) is 16.7. The lowest BCUT2D eigenvalue weighted by Gasteiger charge is -2.05. The molecule has 21 heavy (non-hydrogen) atoms. The van der Waals surface area contributed by atoms with Crippen molar-refractivity contribution >= 4 is 45.1 Å². The van der Waals surface area contributed by atoms with Gasteiger partial charge in [-0.1, -0.05) is 16.8 Å². The molecule has 0 aromatic carbocycles. The SMILES string of the molecule is Cc1cc(C(=O)Nc2snc(C)c2Cl)c2c(C)noc2n1. The number of nitrogens with zero attached hydrogens (tertiary/aromatic N) is 3. The number of aromatic nitrogens is 3. The Balaban J connectivity index is 2.05. The van der Waals surface area contributed by atoms with Crippen LogP contribution in [-0.2, 0) is 0 Å². The lowest BCUT2D eigenvalue weighted by Crippen LogP contribution is -2.12. The molecule has 3 rings (SSSR count). The smallest absolute Gasteiger partial charge is 0.258 e. The third-order valence-corrected chi connectivity index (χ3v) is 4.44. The topological polar surface area (TPSA) is 80.9 Å². The van der Waals surface area contributed by atoms with Gasteiger partial charge in [0.05, 0.1) is 27.4 Å². The number of pyridine rings is 1. The lowest BCUT2D eigenvalue weighted by molar-refractivity contribution is 0.102. The van der Waals surface area contributed by atoms with Crippen LogP contribution in [0.4, 0.5) is 5.00 Å². The van der Waals surface area contributed by atoms with Gasteiger partial charge in [-0.15, -0.1) is 0 Å². The summed E-state index contributed by atoms with van der Waals surface area (Å²) >= 11 is 7.24. The Labute approximate surface area is 129 Å². The average molecular weight is 323 g/mol. The number of anilines is 1. The molecule has 0 spiro atoms. The van der Waals surface area contributed by atoms with Crippen LogP contribution in [0.15, 0.2) is 10.6 Å². The fraction of sp³-hybridized carbons (Fsp3) is 0.231. The zero-order valence-corrected chi connectivity index (χ0v) is 13.1. The van der Waals surface area contributed by atoms with Crippen molar-refractivity contribution in [3.8, 4) is 0 Å². The second kappa shape index (κ2) is 5.09. The van der Waals surface area contributed by atoms with Crippen molar-refractivity contribution in [1.82, 2.24) is 14.5 Å². The standard InChI is InChI=1S/C13H11ClN4O2S/c1-5-4-8(9-6(2)17-20-12(9)15-5)11(19)16-13-10(14)7(3)18-21-13/h4H,1-3H3,(H,16,19). The monoisotopic (exact) mass is 322 g/mol.